The van der Waals surface area contributed by atoms with Gasteiger partial charge in [0.1, 0.15) is 0 Å². The Morgan fingerprint density at radius 3 is 2.50 bits per heavy atom. The zero-order valence-corrected chi connectivity index (χ0v) is 13.4. The maximum atomic E-state index is 12.4. The van der Waals surface area contributed by atoms with Crippen LogP contribution in [-0.4, -0.2) is 27.9 Å². The highest BCUT2D eigenvalue weighted by atomic mass is 32.1. The summed E-state index contributed by atoms with van der Waals surface area (Å²) < 4.78 is 0. The molecule has 2 amide bonds. The number of amides is 2. The van der Waals surface area contributed by atoms with E-state index in [-0.39, 0.29) is 26.9 Å². The predicted molar refractivity (Wildman–Crippen MR) is 88.0 cm³/mol. The molecule has 0 unspecified atom stereocenters. The van der Waals surface area contributed by atoms with Crippen molar-refractivity contribution in [3.05, 3.63) is 39.9 Å². The summed E-state index contributed by atoms with van der Waals surface area (Å²) in [5.41, 5.74) is 0.423. The summed E-state index contributed by atoms with van der Waals surface area (Å²) in [6.45, 7) is 2.81. The number of aryl methyl sites for hydroxylation is 1. The predicted octanol–water partition coefficient (Wildman–Crippen LogP) is 2.76. The Morgan fingerprint density at radius 2 is 1.96 bits per heavy atom. The quantitative estimate of drug-likeness (QED) is 0.710. The number of carboxylic acid groups (broad SMARTS) is 1. The van der Waals surface area contributed by atoms with Gasteiger partial charge in [0.15, 0.2) is 10.1 Å². The molecule has 0 aliphatic carbocycles. The van der Waals surface area contributed by atoms with E-state index in [0.717, 1.165) is 11.3 Å². The van der Waals surface area contributed by atoms with Gasteiger partial charge in [-0.15, -0.1) is 4.91 Å². The fourth-order valence-electron chi connectivity index (χ4n) is 1.86. The van der Waals surface area contributed by atoms with Crippen LogP contribution in [0.5, 0.6) is 0 Å². The molecule has 3 N–H and O–H groups in total. The van der Waals surface area contributed by atoms with Gasteiger partial charge in [0.2, 0.25) is 5.91 Å². The third kappa shape index (κ3) is 3.79. The number of hydrogen-bond donors (Lipinski definition) is 3. The van der Waals surface area contributed by atoms with Gasteiger partial charge in [-0.1, -0.05) is 11.3 Å². The van der Waals surface area contributed by atoms with Crippen molar-refractivity contribution in [3.8, 4) is 0 Å². The average molecular weight is 348 g/mol. The van der Waals surface area contributed by atoms with Crippen LogP contribution in [0.1, 0.15) is 33.3 Å². The van der Waals surface area contributed by atoms with Crippen molar-refractivity contribution in [2.75, 3.05) is 10.6 Å². The molecule has 1 aromatic carbocycles. The molecule has 0 bridgehead atoms. The van der Waals surface area contributed by atoms with Crippen molar-refractivity contribution in [3.63, 3.8) is 0 Å². The van der Waals surface area contributed by atoms with Crippen LogP contribution in [0.25, 0.3) is 0 Å². The van der Waals surface area contributed by atoms with E-state index in [4.69, 9.17) is 5.11 Å². The molecule has 0 spiro atoms. The van der Waals surface area contributed by atoms with Crippen LogP contribution in [0.4, 0.5) is 15.8 Å². The molecule has 0 saturated carbocycles. The Bertz CT molecular complexity index is 846. The second-order valence-corrected chi connectivity index (χ2v) is 5.68. The van der Waals surface area contributed by atoms with Crippen LogP contribution in [0, 0.1) is 11.8 Å². The number of carbonyl (C=O) groups is 3. The van der Waals surface area contributed by atoms with Gasteiger partial charge in [-0.3, -0.25) is 14.9 Å². The lowest BCUT2D eigenvalue weighted by Gasteiger charge is -2.10. The summed E-state index contributed by atoms with van der Waals surface area (Å²) in [7, 11) is 0. The zero-order chi connectivity index (χ0) is 17.9. The Morgan fingerprint density at radius 1 is 1.25 bits per heavy atom. The number of rotatable bonds is 5. The minimum atomic E-state index is -1.19. The van der Waals surface area contributed by atoms with Gasteiger partial charge in [0.25, 0.3) is 5.91 Å². The van der Waals surface area contributed by atoms with Crippen LogP contribution >= 0.6 is 11.3 Å². The van der Waals surface area contributed by atoms with Crippen LogP contribution in [0.3, 0.4) is 0 Å². The Hall–Kier alpha value is -3.14. The van der Waals surface area contributed by atoms with E-state index in [1.807, 2.05) is 0 Å². The standard InChI is InChI=1S/C14H12N4O5S/c1-6-12(18-23)24-14(15-6)17-11(20)9-4-3-8(13(21)22)5-10(9)16-7(2)19/h3-5H,1-2H3,(H,16,19)(H,21,22)(H,15,17,20). The van der Waals surface area contributed by atoms with Gasteiger partial charge >= 0.3 is 5.97 Å². The van der Waals surface area contributed by atoms with Crippen LogP contribution in [0.2, 0.25) is 0 Å². The summed E-state index contributed by atoms with van der Waals surface area (Å²) >= 11 is 0.907. The molecule has 124 valence electrons. The zero-order valence-electron chi connectivity index (χ0n) is 12.6. The van der Waals surface area contributed by atoms with Crippen LogP contribution in [0.15, 0.2) is 23.4 Å². The maximum Gasteiger partial charge on any atom is 0.335 e. The third-order valence-electron chi connectivity index (χ3n) is 2.90. The number of thiazole rings is 1. The van der Waals surface area contributed by atoms with Crippen molar-refractivity contribution in [2.45, 2.75) is 13.8 Å². The molecule has 1 heterocycles. The van der Waals surface area contributed by atoms with Crippen LogP contribution in [-0.2, 0) is 4.79 Å². The van der Waals surface area contributed by atoms with Gasteiger partial charge in [-0.05, 0) is 30.3 Å². The van der Waals surface area contributed by atoms with Crippen molar-refractivity contribution in [1.29, 1.82) is 0 Å². The first kappa shape index (κ1) is 17.2. The lowest BCUT2D eigenvalue weighted by atomic mass is 10.1. The van der Waals surface area contributed by atoms with Crippen molar-refractivity contribution in [2.24, 2.45) is 5.18 Å². The fourth-order valence-corrected chi connectivity index (χ4v) is 2.60. The summed E-state index contributed by atoms with van der Waals surface area (Å²) in [5, 5.41) is 17.0. The molecule has 9 nitrogen and oxygen atoms in total. The number of carbonyl (C=O) groups excluding carboxylic acids is 2. The summed E-state index contributed by atoms with van der Waals surface area (Å²) in [6, 6.07) is 3.71. The lowest BCUT2D eigenvalue weighted by molar-refractivity contribution is -0.114. The van der Waals surface area contributed by atoms with E-state index in [0.29, 0.717) is 5.69 Å². The molecule has 0 aliphatic heterocycles. The SMILES string of the molecule is CC(=O)Nc1cc(C(=O)O)ccc1C(=O)Nc1nc(C)c(N=O)s1. The van der Waals surface area contributed by atoms with E-state index in [1.54, 1.807) is 6.92 Å². The number of nitrogens with zero attached hydrogens (tertiary/aromatic N) is 2. The van der Waals surface area contributed by atoms with E-state index < -0.39 is 17.8 Å². The lowest BCUT2D eigenvalue weighted by Crippen LogP contribution is -2.17. The Balaban J connectivity index is 2.34. The minimum absolute atomic E-state index is 0.0573. The summed E-state index contributed by atoms with van der Waals surface area (Å²) in [5.74, 6) is -2.25. The molecular weight excluding hydrogens is 336 g/mol. The highest BCUT2D eigenvalue weighted by molar-refractivity contribution is 7.19. The van der Waals surface area contributed by atoms with Crippen molar-refractivity contribution in [1.82, 2.24) is 4.98 Å². The molecule has 0 radical (unpaired) electrons. The van der Waals surface area contributed by atoms with Gasteiger partial charge in [0.05, 0.1) is 22.5 Å². The highest BCUT2D eigenvalue weighted by Gasteiger charge is 2.17. The smallest absolute Gasteiger partial charge is 0.335 e. The normalized spacial score (nSPS) is 10.1. The first-order valence-electron chi connectivity index (χ1n) is 6.59. The summed E-state index contributed by atoms with van der Waals surface area (Å²) in [4.78, 5) is 49.2. The van der Waals surface area contributed by atoms with Gasteiger partial charge < -0.3 is 10.4 Å². The maximum absolute atomic E-state index is 12.4. The number of aromatic nitrogens is 1. The third-order valence-corrected chi connectivity index (χ3v) is 3.85. The molecule has 10 heteroatoms. The first-order chi connectivity index (χ1) is 11.3. The number of benzene rings is 1. The van der Waals surface area contributed by atoms with Crippen molar-refractivity contribution < 1.29 is 19.5 Å². The van der Waals surface area contributed by atoms with Gasteiger partial charge in [0, 0.05) is 6.92 Å². The Kier molecular flexibility index (Phi) is 4.99. The molecule has 0 saturated heterocycles. The molecular formula is C14H12N4O5S. The topological polar surface area (TPSA) is 138 Å². The van der Waals surface area contributed by atoms with Crippen molar-refractivity contribution >= 4 is 44.9 Å². The second-order valence-electron chi connectivity index (χ2n) is 4.70. The van der Waals surface area contributed by atoms with E-state index in [1.165, 1.54) is 25.1 Å². The summed E-state index contributed by atoms with van der Waals surface area (Å²) in [6.07, 6.45) is 0. The molecule has 0 aliphatic rings. The van der Waals surface area contributed by atoms with E-state index >= 15 is 0 Å². The fraction of sp³-hybridized carbons (Fsp3) is 0.143. The molecule has 1 aromatic heterocycles. The van der Waals surface area contributed by atoms with E-state index in [9.17, 15) is 19.3 Å². The molecule has 0 atom stereocenters. The average Bonchev–Trinajstić information content (AvgIpc) is 2.85. The highest BCUT2D eigenvalue weighted by Crippen LogP contribution is 2.31. The monoisotopic (exact) mass is 348 g/mol. The van der Waals surface area contributed by atoms with Gasteiger partial charge in [-0.2, -0.15) is 0 Å². The molecule has 2 rings (SSSR count). The largest absolute Gasteiger partial charge is 0.478 e. The number of anilines is 2. The first-order valence-corrected chi connectivity index (χ1v) is 7.40. The number of hydrogen-bond acceptors (Lipinski definition) is 7. The molecule has 0 fully saturated rings. The van der Waals surface area contributed by atoms with Crippen LogP contribution < -0.4 is 10.6 Å². The number of nitrogens with one attached hydrogen (secondary N) is 2. The Labute approximate surface area is 139 Å². The molecule has 2 aromatic rings. The number of aromatic carboxylic acids is 1. The minimum Gasteiger partial charge on any atom is -0.478 e. The van der Waals surface area contributed by atoms with Gasteiger partial charge in [-0.25, -0.2) is 9.78 Å². The second kappa shape index (κ2) is 6.96. The van der Waals surface area contributed by atoms with E-state index in [2.05, 4.69) is 20.8 Å². The number of carboxylic acids is 1. The number of nitroso groups, excluding NO2 is 1. The molecule has 24 heavy (non-hydrogen) atoms.